The fraction of sp³-hybridized carbons (Fsp3) is 0.750. The molecule has 0 aromatic heterocycles. The lowest BCUT2D eigenvalue weighted by Crippen LogP contribution is -2.40. The molecule has 1 rings (SSSR count). The lowest BCUT2D eigenvalue weighted by atomic mass is 9.87. The highest BCUT2D eigenvalue weighted by molar-refractivity contribution is 5.87. The average molecular weight is 212 g/mol. The molecule has 1 saturated carbocycles. The van der Waals surface area contributed by atoms with Gasteiger partial charge < -0.3 is 9.84 Å². The Bertz CT molecular complexity index is 268. The van der Waals surface area contributed by atoms with Gasteiger partial charge in [0, 0.05) is 11.5 Å². The highest BCUT2D eigenvalue weighted by Crippen LogP contribution is 2.36. The van der Waals surface area contributed by atoms with E-state index in [4.69, 9.17) is 4.74 Å². The first-order valence-corrected chi connectivity index (χ1v) is 5.41. The first kappa shape index (κ1) is 12.2. The van der Waals surface area contributed by atoms with Crippen molar-refractivity contribution in [2.75, 3.05) is 0 Å². The minimum atomic E-state index is -0.605. The molecule has 1 N–H and O–H groups in total. The normalized spacial score (nSPS) is 26.4. The van der Waals surface area contributed by atoms with Crippen LogP contribution in [-0.4, -0.2) is 22.8 Å². The van der Waals surface area contributed by atoms with Crippen molar-refractivity contribution in [3.05, 3.63) is 12.2 Å². The molecular formula is C12H20O3. The summed E-state index contributed by atoms with van der Waals surface area (Å²) in [7, 11) is 0. The van der Waals surface area contributed by atoms with Crippen LogP contribution in [0.2, 0.25) is 0 Å². The zero-order chi connectivity index (χ0) is 11.6. The van der Waals surface area contributed by atoms with Gasteiger partial charge in [0.25, 0.3) is 0 Å². The Morgan fingerprint density at radius 1 is 1.47 bits per heavy atom. The number of aliphatic hydroxyl groups is 1. The van der Waals surface area contributed by atoms with Gasteiger partial charge in [-0.25, -0.2) is 4.79 Å². The molecule has 1 aliphatic carbocycles. The maximum absolute atomic E-state index is 11.4. The summed E-state index contributed by atoms with van der Waals surface area (Å²) in [6.07, 6.45) is 2.37. The van der Waals surface area contributed by atoms with E-state index in [1.807, 2.05) is 13.8 Å². The Kier molecular flexibility index (Phi) is 3.55. The molecule has 0 amide bonds. The first-order valence-electron chi connectivity index (χ1n) is 5.41. The molecule has 15 heavy (non-hydrogen) atoms. The molecular weight excluding hydrogens is 192 g/mol. The number of carbonyl (C=O) groups is 1. The summed E-state index contributed by atoms with van der Waals surface area (Å²) in [5, 5.41) is 9.76. The van der Waals surface area contributed by atoms with Crippen molar-refractivity contribution in [3.8, 4) is 0 Å². The molecule has 0 bridgehead atoms. The van der Waals surface area contributed by atoms with Crippen LogP contribution in [0.15, 0.2) is 12.2 Å². The summed E-state index contributed by atoms with van der Waals surface area (Å²) >= 11 is 0. The lowest BCUT2D eigenvalue weighted by Gasteiger charge is -2.33. The smallest absolute Gasteiger partial charge is 0.333 e. The highest BCUT2D eigenvalue weighted by Gasteiger charge is 2.40. The lowest BCUT2D eigenvalue weighted by molar-refractivity contribution is -0.160. The van der Waals surface area contributed by atoms with Gasteiger partial charge in [-0.15, -0.1) is 0 Å². The van der Waals surface area contributed by atoms with Crippen LogP contribution in [0, 0.1) is 5.92 Å². The summed E-state index contributed by atoms with van der Waals surface area (Å²) in [5.74, 6) is -0.333. The van der Waals surface area contributed by atoms with Gasteiger partial charge in [-0.05, 0) is 33.6 Å². The summed E-state index contributed by atoms with van der Waals surface area (Å²) < 4.78 is 5.36. The van der Waals surface area contributed by atoms with E-state index in [-0.39, 0.29) is 18.0 Å². The van der Waals surface area contributed by atoms with Gasteiger partial charge in [0.2, 0.25) is 0 Å². The van der Waals surface area contributed by atoms with Crippen molar-refractivity contribution >= 4 is 5.97 Å². The number of ether oxygens (including phenoxy) is 1. The molecule has 0 aromatic rings. The molecule has 1 fully saturated rings. The third kappa shape index (κ3) is 2.81. The minimum absolute atomic E-state index is 0.0424. The monoisotopic (exact) mass is 212 g/mol. The van der Waals surface area contributed by atoms with E-state index in [0.717, 1.165) is 19.3 Å². The van der Waals surface area contributed by atoms with Crippen LogP contribution in [0.4, 0.5) is 0 Å². The predicted molar refractivity (Wildman–Crippen MR) is 58.3 cm³/mol. The molecule has 1 aliphatic rings. The second-order valence-corrected chi connectivity index (χ2v) is 4.88. The van der Waals surface area contributed by atoms with Gasteiger partial charge in [-0.2, -0.15) is 0 Å². The molecule has 0 aliphatic heterocycles. The van der Waals surface area contributed by atoms with Crippen LogP contribution in [0.1, 0.15) is 40.0 Å². The SMILES string of the molecule is C=C(C)C(=O)OC(C)(C)C1CCCC1O. The molecule has 0 heterocycles. The van der Waals surface area contributed by atoms with Crippen molar-refractivity contribution < 1.29 is 14.6 Å². The minimum Gasteiger partial charge on any atom is -0.456 e. The van der Waals surface area contributed by atoms with E-state index in [1.165, 1.54) is 0 Å². The van der Waals surface area contributed by atoms with Gasteiger partial charge >= 0.3 is 5.97 Å². The van der Waals surface area contributed by atoms with E-state index >= 15 is 0 Å². The summed E-state index contributed by atoms with van der Waals surface area (Å²) in [5.41, 5.74) is -0.207. The van der Waals surface area contributed by atoms with Gasteiger partial charge in [0.1, 0.15) is 5.60 Å². The Balaban J connectivity index is 2.65. The van der Waals surface area contributed by atoms with E-state index in [0.29, 0.717) is 5.57 Å². The van der Waals surface area contributed by atoms with Crippen molar-refractivity contribution in [3.63, 3.8) is 0 Å². The van der Waals surface area contributed by atoms with Crippen molar-refractivity contribution in [1.29, 1.82) is 0 Å². The summed E-state index contributed by atoms with van der Waals surface area (Å²) in [4.78, 5) is 11.4. The molecule has 3 heteroatoms. The molecule has 0 radical (unpaired) electrons. The second-order valence-electron chi connectivity index (χ2n) is 4.88. The standard InChI is InChI=1S/C12H20O3/c1-8(2)11(14)15-12(3,4)9-6-5-7-10(9)13/h9-10,13H,1,5-7H2,2-4H3. The molecule has 2 atom stereocenters. The van der Waals surface area contributed by atoms with Gasteiger partial charge in [-0.1, -0.05) is 13.0 Å². The van der Waals surface area contributed by atoms with Crippen molar-refractivity contribution in [2.24, 2.45) is 5.92 Å². The van der Waals surface area contributed by atoms with E-state index < -0.39 is 5.60 Å². The first-order chi connectivity index (χ1) is 6.84. The molecule has 3 nitrogen and oxygen atoms in total. The summed E-state index contributed by atoms with van der Waals surface area (Å²) in [6.45, 7) is 8.88. The van der Waals surface area contributed by atoms with E-state index in [9.17, 15) is 9.90 Å². The largest absolute Gasteiger partial charge is 0.456 e. The van der Waals surface area contributed by atoms with E-state index in [2.05, 4.69) is 6.58 Å². The van der Waals surface area contributed by atoms with Gasteiger partial charge in [0.15, 0.2) is 0 Å². The fourth-order valence-corrected chi connectivity index (χ4v) is 2.15. The van der Waals surface area contributed by atoms with Gasteiger partial charge in [0.05, 0.1) is 6.10 Å². The van der Waals surface area contributed by atoms with Crippen LogP contribution in [0.5, 0.6) is 0 Å². The Labute approximate surface area is 91.1 Å². The Morgan fingerprint density at radius 2 is 2.07 bits per heavy atom. The topological polar surface area (TPSA) is 46.5 Å². The number of hydrogen-bond acceptors (Lipinski definition) is 3. The highest BCUT2D eigenvalue weighted by atomic mass is 16.6. The van der Waals surface area contributed by atoms with Crippen LogP contribution in [0.25, 0.3) is 0 Å². The molecule has 86 valence electrons. The van der Waals surface area contributed by atoms with Crippen LogP contribution < -0.4 is 0 Å². The van der Waals surface area contributed by atoms with Crippen LogP contribution in [-0.2, 0) is 9.53 Å². The quantitative estimate of drug-likeness (QED) is 0.575. The molecule has 0 saturated heterocycles. The van der Waals surface area contributed by atoms with Crippen molar-refractivity contribution in [1.82, 2.24) is 0 Å². The molecule has 0 spiro atoms. The third-order valence-electron chi connectivity index (χ3n) is 3.08. The molecule has 0 aromatic carbocycles. The number of esters is 1. The maximum Gasteiger partial charge on any atom is 0.333 e. The van der Waals surface area contributed by atoms with Gasteiger partial charge in [-0.3, -0.25) is 0 Å². The number of carbonyl (C=O) groups excluding carboxylic acids is 1. The van der Waals surface area contributed by atoms with Crippen molar-refractivity contribution in [2.45, 2.75) is 51.7 Å². The number of rotatable bonds is 3. The second kappa shape index (κ2) is 4.35. The van der Waals surface area contributed by atoms with Crippen LogP contribution >= 0.6 is 0 Å². The zero-order valence-electron chi connectivity index (χ0n) is 9.75. The number of hydrogen-bond donors (Lipinski definition) is 1. The number of aliphatic hydroxyl groups excluding tert-OH is 1. The predicted octanol–water partition coefficient (Wildman–Crippen LogP) is 2.05. The zero-order valence-corrected chi connectivity index (χ0v) is 9.75. The van der Waals surface area contributed by atoms with Crippen LogP contribution in [0.3, 0.4) is 0 Å². The Hall–Kier alpha value is -0.830. The average Bonchev–Trinajstić information content (AvgIpc) is 2.50. The maximum atomic E-state index is 11.4. The molecule has 2 unspecified atom stereocenters. The summed E-state index contributed by atoms with van der Waals surface area (Å²) in [6, 6.07) is 0. The Morgan fingerprint density at radius 3 is 2.47 bits per heavy atom. The van der Waals surface area contributed by atoms with E-state index in [1.54, 1.807) is 6.92 Å². The fourth-order valence-electron chi connectivity index (χ4n) is 2.15. The third-order valence-corrected chi connectivity index (χ3v) is 3.08.